The average Bonchev–Trinajstić information content (AvgIpc) is 3.89. The standard InChI is InChI=1S/C38H42F6N4O4/c1-21-13-25(39)14-23-7-5-3-2-4-6-8-32(48-37(52)30(38(42,43)44)17-27(46-48)11-12-47-19-26(40)20-47)36(51)45-31(18-33(49)50)29-16-24(34(21)23)15-28(35(29)41)22-9-10-22/h13-17,22,26,31-32H,2-12,18-20H2,1H3,(H,45,51)(H,49,50)/t31-,32-/m0/s1. The number of hydrogen-bond acceptors (Lipinski definition) is 5. The van der Waals surface area contributed by atoms with Crippen LogP contribution < -0.4 is 10.9 Å². The van der Waals surface area contributed by atoms with Gasteiger partial charge in [0, 0.05) is 31.6 Å². The molecule has 280 valence electrons. The Bertz CT molecular complexity index is 1890. The molecular formula is C38H42F6N4O4. The van der Waals surface area contributed by atoms with E-state index in [2.05, 4.69) is 10.4 Å². The van der Waals surface area contributed by atoms with Crippen molar-refractivity contribution in [2.45, 2.75) is 108 Å². The SMILES string of the molecule is Cc1cc(F)cc2c1-c1cc(C3CC3)c(F)c(c1)[C@H](CC(=O)O)NC(=O)[C@@H](n1nc(CCN3CC(F)C3)cc(C(F)(F)F)c1=O)CCCCCCC2. The number of aliphatic carboxylic acids is 1. The summed E-state index contributed by atoms with van der Waals surface area (Å²) < 4.78 is 87.7. The fourth-order valence-corrected chi connectivity index (χ4v) is 7.47. The molecule has 1 aromatic heterocycles. The Balaban J connectivity index is 1.45. The molecule has 2 bridgehead atoms. The van der Waals surface area contributed by atoms with Crippen LogP contribution in [-0.4, -0.2) is 57.5 Å². The van der Waals surface area contributed by atoms with E-state index in [1.165, 1.54) is 18.2 Å². The monoisotopic (exact) mass is 732 g/mol. The molecule has 1 saturated carbocycles. The van der Waals surface area contributed by atoms with Crippen molar-refractivity contribution >= 4 is 11.9 Å². The van der Waals surface area contributed by atoms with E-state index in [-0.39, 0.29) is 49.7 Å². The minimum atomic E-state index is -5.07. The third-order valence-corrected chi connectivity index (χ3v) is 10.3. The summed E-state index contributed by atoms with van der Waals surface area (Å²) in [6.07, 6.45) is -2.11. The first-order valence-corrected chi connectivity index (χ1v) is 17.9. The second-order valence-corrected chi connectivity index (χ2v) is 14.4. The van der Waals surface area contributed by atoms with Gasteiger partial charge in [-0.2, -0.15) is 18.3 Å². The molecule has 1 amide bonds. The minimum absolute atomic E-state index is 0.0429. The van der Waals surface area contributed by atoms with Crippen LogP contribution in [0.2, 0.25) is 0 Å². The number of carboxylic acid groups (broad SMARTS) is 1. The Kier molecular flexibility index (Phi) is 11.1. The molecule has 0 unspecified atom stereocenters. The van der Waals surface area contributed by atoms with E-state index in [1.807, 2.05) is 0 Å². The van der Waals surface area contributed by atoms with Gasteiger partial charge in [0.25, 0.3) is 5.56 Å². The van der Waals surface area contributed by atoms with E-state index < -0.39 is 65.5 Å². The molecule has 2 aromatic carbocycles. The number of aromatic nitrogens is 2. The van der Waals surface area contributed by atoms with Crippen LogP contribution in [0.5, 0.6) is 0 Å². The molecule has 8 nitrogen and oxygen atoms in total. The molecule has 0 spiro atoms. The normalized spacial score (nSPS) is 20.9. The highest BCUT2D eigenvalue weighted by Crippen LogP contribution is 2.45. The number of halogens is 6. The van der Waals surface area contributed by atoms with Crippen LogP contribution in [0.15, 0.2) is 35.1 Å². The molecule has 2 fully saturated rings. The Morgan fingerprint density at radius 2 is 1.65 bits per heavy atom. The van der Waals surface area contributed by atoms with Gasteiger partial charge in [-0.15, -0.1) is 0 Å². The molecule has 2 aliphatic heterocycles. The number of carboxylic acids is 1. The maximum atomic E-state index is 16.4. The highest BCUT2D eigenvalue weighted by Gasteiger charge is 2.38. The van der Waals surface area contributed by atoms with Crippen LogP contribution in [0.4, 0.5) is 26.3 Å². The first-order valence-electron chi connectivity index (χ1n) is 17.9. The molecule has 1 aliphatic carbocycles. The summed E-state index contributed by atoms with van der Waals surface area (Å²) in [7, 11) is 0. The van der Waals surface area contributed by atoms with Gasteiger partial charge in [0.2, 0.25) is 5.91 Å². The van der Waals surface area contributed by atoms with Gasteiger partial charge in [-0.1, -0.05) is 25.7 Å². The second kappa shape index (κ2) is 15.4. The van der Waals surface area contributed by atoms with Gasteiger partial charge in [0.1, 0.15) is 29.4 Å². The van der Waals surface area contributed by atoms with E-state index in [1.54, 1.807) is 17.9 Å². The highest BCUT2D eigenvalue weighted by atomic mass is 19.4. The number of aryl methyl sites for hydroxylation is 2. The predicted octanol–water partition coefficient (Wildman–Crippen LogP) is 7.36. The van der Waals surface area contributed by atoms with E-state index in [9.17, 15) is 41.4 Å². The minimum Gasteiger partial charge on any atom is -0.481 e. The van der Waals surface area contributed by atoms with Gasteiger partial charge in [0.15, 0.2) is 0 Å². The molecular weight excluding hydrogens is 690 g/mol. The molecule has 3 aromatic rings. The van der Waals surface area contributed by atoms with Gasteiger partial charge in [-0.3, -0.25) is 19.3 Å². The number of carbonyl (C=O) groups is 2. The Morgan fingerprint density at radius 1 is 0.962 bits per heavy atom. The number of carbonyl (C=O) groups excluding carboxylic acids is 1. The van der Waals surface area contributed by atoms with Crippen molar-refractivity contribution < 1.29 is 41.0 Å². The molecule has 52 heavy (non-hydrogen) atoms. The van der Waals surface area contributed by atoms with Crippen molar-refractivity contribution in [2.24, 2.45) is 0 Å². The number of amides is 1. The molecule has 2 atom stereocenters. The molecule has 0 radical (unpaired) electrons. The fourth-order valence-electron chi connectivity index (χ4n) is 7.47. The number of alkyl halides is 4. The van der Waals surface area contributed by atoms with Crippen molar-refractivity contribution in [2.75, 3.05) is 19.6 Å². The summed E-state index contributed by atoms with van der Waals surface area (Å²) in [4.78, 5) is 41.5. The van der Waals surface area contributed by atoms with Crippen LogP contribution in [0.1, 0.15) is 109 Å². The molecule has 6 rings (SSSR count). The Labute approximate surface area is 297 Å². The molecule has 2 N–H and O–H groups in total. The zero-order valence-electron chi connectivity index (χ0n) is 28.9. The smallest absolute Gasteiger partial charge is 0.421 e. The Morgan fingerprint density at radius 3 is 2.33 bits per heavy atom. The van der Waals surface area contributed by atoms with E-state index in [0.29, 0.717) is 77.9 Å². The maximum absolute atomic E-state index is 16.4. The van der Waals surface area contributed by atoms with Crippen molar-refractivity contribution in [3.63, 3.8) is 0 Å². The number of rotatable bonds is 7. The summed E-state index contributed by atoms with van der Waals surface area (Å²) in [5.41, 5.74) is -0.363. The quantitative estimate of drug-likeness (QED) is 0.246. The Hall–Kier alpha value is -4.20. The lowest BCUT2D eigenvalue weighted by Crippen LogP contribution is -2.49. The highest BCUT2D eigenvalue weighted by molar-refractivity contribution is 5.82. The number of likely N-dealkylation sites (tertiary alicyclic amines) is 1. The third-order valence-electron chi connectivity index (χ3n) is 10.3. The largest absolute Gasteiger partial charge is 0.481 e. The van der Waals surface area contributed by atoms with E-state index in [0.717, 1.165) is 12.0 Å². The van der Waals surface area contributed by atoms with Crippen LogP contribution in [-0.2, 0) is 28.6 Å². The van der Waals surface area contributed by atoms with Crippen LogP contribution in [0.25, 0.3) is 11.1 Å². The zero-order valence-corrected chi connectivity index (χ0v) is 28.9. The fraction of sp³-hybridized carbons (Fsp3) is 0.526. The number of nitrogens with one attached hydrogen (secondary N) is 1. The molecule has 3 aliphatic rings. The third kappa shape index (κ3) is 8.53. The lowest BCUT2D eigenvalue weighted by Gasteiger charge is -2.34. The lowest BCUT2D eigenvalue weighted by molar-refractivity contribution is -0.140. The number of nitrogens with zero attached hydrogens (tertiary/aromatic N) is 3. The van der Waals surface area contributed by atoms with Gasteiger partial charge < -0.3 is 10.4 Å². The number of fused-ring (bicyclic) bond motifs is 4. The van der Waals surface area contributed by atoms with Gasteiger partial charge >= 0.3 is 12.1 Å². The molecule has 1 saturated heterocycles. The van der Waals surface area contributed by atoms with Crippen molar-refractivity contribution in [1.29, 1.82) is 0 Å². The van der Waals surface area contributed by atoms with Gasteiger partial charge in [-0.25, -0.2) is 17.9 Å². The summed E-state index contributed by atoms with van der Waals surface area (Å²) in [5, 5.41) is 16.7. The second-order valence-electron chi connectivity index (χ2n) is 14.4. The predicted molar refractivity (Wildman–Crippen MR) is 181 cm³/mol. The van der Waals surface area contributed by atoms with Crippen molar-refractivity contribution in [3.8, 4) is 11.1 Å². The van der Waals surface area contributed by atoms with Crippen LogP contribution in [0.3, 0.4) is 0 Å². The average molecular weight is 733 g/mol. The van der Waals surface area contributed by atoms with Crippen LogP contribution in [0, 0.1) is 18.6 Å². The van der Waals surface area contributed by atoms with Crippen molar-refractivity contribution in [3.05, 3.63) is 85.8 Å². The number of hydrogen-bond donors (Lipinski definition) is 2. The van der Waals surface area contributed by atoms with E-state index in [4.69, 9.17) is 0 Å². The first-order chi connectivity index (χ1) is 24.7. The van der Waals surface area contributed by atoms with Crippen molar-refractivity contribution in [1.82, 2.24) is 20.0 Å². The maximum Gasteiger partial charge on any atom is 0.421 e. The summed E-state index contributed by atoms with van der Waals surface area (Å²) in [5.74, 6) is -3.59. The summed E-state index contributed by atoms with van der Waals surface area (Å²) >= 11 is 0. The molecule has 3 heterocycles. The topological polar surface area (TPSA) is 105 Å². The summed E-state index contributed by atoms with van der Waals surface area (Å²) in [6, 6.07) is 3.62. The van der Waals surface area contributed by atoms with E-state index >= 15 is 4.39 Å². The zero-order chi connectivity index (χ0) is 37.3. The van der Waals surface area contributed by atoms with Crippen LogP contribution >= 0.6 is 0 Å². The van der Waals surface area contributed by atoms with Gasteiger partial charge in [0.05, 0.1) is 18.2 Å². The lowest BCUT2D eigenvalue weighted by atomic mass is 9.87. The first kappa shape index (κ1) is 37.6. The van der Waals surface area contributed by atoms with Gasteiger partial charge in [-0.05, 0) is 103 Å². The molecule has 14 heteroatoms. The number of benzene rings is 2. The summed E-state index contributed by atoms with van der Waals surface area (Å²) in [6.45, 7) is 2.19.